The maximum absolute atomic E-state index is 12.6. The molecule has 2 heterocycles. The lowest BCUT2D eigenvalue weighted by Crippen LogP contribution is -2.63. The van der Waals surface area contributed by atoms with Crippen molar-refractivity contribution in [3.63, 3.8) is 0 Å². The second-order valence-electron chi connectivity index (χ2n) is 5.65. The van der Waals surface area contributed by atoms with Crippen LogP contribution in [0, 0.1) is 6.92 Å². The first-order valence-corrected chi connectivity index (χ1v) is 7.19. The predicted molar refractivity (Wildman–Crippen MR) is 73.6 cm³/mol. The monoisotopic (exact) mass is 328 g/mol. The average molecular weight is 328 g/mol. The third kappa shape index (κ3) is 2.78. The van der Waals surface area contributed by atoms with E-state index in [0.717, 1.165) is 11.1 Å². The molecule has 124 valence electrons. The second-order valence-corrected chi connectivity index (χ2v) is 5.65. The molecule has 1 saturated heterocycles. The highest BCUT2D eigenvalue weighted by Gasteiger charge is 2.47. The van der Waals surface area contributed by atoms with E-state index in [1.54, 1.807) is 12.1 Å². The lowest BCUT2D eigenvalue weighted by atomic mass is 9.88. The number of hydrogen-bond acceptors (Lipinski definition) is 4. The summed E-state index contributed by atoms with van der Waals surface area (Å²) in [6.07, 6.45) is -5.89. The summed E-state index contributed by atoms with van der Waals surface area (Å²) in [6.45, 7) is 2.46. The van der Waals surface area contributed by atoms with Crippen LogP contribution in [0.5, 0.6) is 0 Å². The Bertz CT molecular complexity index is 660. The highest BCUT2D eigenvalue weighted by molar-refractivity contribution is 5.97. The Morgan fingerprint density at radius 2 is 2.13 bits per heavy atom. The molecule has 0 aromatic heterocycles. The number of amides is 1. The molecule has 1 aromatic carbocycles. The summed E-state index contributed by atoms with van der Waals surface area (Å²) in [5.74, 6) is -2.49. The predicted octanol–water partition coefficient (Wildman–Crippen LogP) is 1.40. The van der Waals surface area contributed by atoms with Gasteiger partial charge in [-0.05, 0) is 30.5 Å². The fraction of sp³-hybridized carbons (Fsp3) is 0.467. The smallest absolute Gasteiger partial charge is 0.438 e. The zero-order valence-corrected chi connectivity index (χ0v) is 12.3. The highest BCUT2D eigenvalue weighted by atomic mass is 19.4. The van der Waals surface area contributed by atoms with E-state index < -0.39 is 24.4 Å². The number of nitrogens with zero attached hydrogens (tertiary/aromatic N) is 1. The molecule has 1 amide bonds. The third-order valence-electron chi connectivity index (χ3n) is 4.23. The number of benzene rings is 1. The van der Waals surface area contributed by atoms with Crippen LogP contribution in [-0.4, -0.2) is 48.3 Å². The van der Waals surface area contributed by atoms with Crippen LogP contribution >= 0.6 is 0 Å². The van der Waals surface area contributed by atoms with E-state index in [1.807, 2.05) is 13.0 Å². The quantitative estimate of drug-likeness (QED) is 0.792. The minimum atomic E-state index is -5.06. The summed E-state index contributed by atoms with van der Waals surface area (Å²) < 4.78 is 41.8. The summed E-state index contributed by atoms with van der Waals surface area (Å²) in [6, 6.07) is 4.68. The summed E-state index contributed by atoms with van der Waals surface area (Å²) in [7, 11) is 0. The number of rotatable bonds is 1. The maximum Gasteiger partial charge on any atom is 0.490 e. The fourth-order valence-electron chi connectivity index (χ4n) is 3.10. The Morgan fingerprint density at radius 1 is 1.39 bits per heavy atom. The van der Waals surface area contributed by atoms with Crippen LogP contribution in [0.3, 0.4) is 0 Å². The number of aryl methyl sites for hydroxylation is 1. The molecule has 0 radical (unpaired) electrons. The molecule has 1 aromatic rings. The number of ether oxygens (including phenoxy) is 1. The van der Waals surface area contributed by atoms with Gasteiger partial charge in [0.25, 0.3) is 5.91 Å². The van der Waals surface area contributed by atoms with Gasteiger partial charge in [-0.15, -0.1) is 0 Å². The van der Waals surface area contributed by atoms with Crippen molar-refractivity contribution >= 4 is 11.9 Å². The number of hydrogen-bond donors (Lipinski definition) is 1. The van der Waals surface area contributed by atoms with E-state index in [9.17, 15) is 22.8 Å². The van der Waals surface area contributed by atoms with E-state index >= 15 is 0 Å². The molecule has 5 nitrogen and oxygen atoms in total. The average Bonchev–Trinajstić information content (AvgIpc) is 2.48. The lowest BCUT2D eigenvalue weighted by Gasteiger charge is -2.44. The molecule has 8 heteroatoms. The van der Waals surface area contributed by atoms with Gasteiger partial charge in [0.05, 0.1) is 6.04 Å². The summed E-state index contributed by atoms with van der Waals surface area (Å²) in [5.41, 5.74) is 2.24. The SMILES string of the molecule is Cc1cccc2c1CC1C(OC(=O)C(F)(F)F)NCCN1C2=O. The molecule has 1 N–H and O–H groups in total. The van der Waals surface area contributed by atoms with Crippen molar-refractivity contribution in [2.45, 2.75) is 31.8 Å². The van der Waals surface area contributed by atoms with Crippen molar-refractivity contribution in [3.05, 3.63) is 34.9 Å². The molecular weight excluding hydrogens is 313 g/mol. The Kier molecular flexibility index (Phi) is 3.79. The van der Waals surface area contributed by atoms with E-state index in [-0.39, 0.29) is 12.5 Å². The molecule has 1 fully saturated rings. The molecule has 23 heavy (non-hydrogen) atoms. The van der Waals surface area contributed by atoms with Gasteiger partial charge in [0.1, 0.15) is 0 Å². The number of fused-ring (bicyclic) bond motifs is 2. The molecule has 0 saturated carbocycles. The molecule has 0 bridgehead atoms. The standard InChI is InChI=1S/C15H15F3N2O3/c1-8-3-2-4-9-10(8)7-11-12(23-14(22)15(16,17)18)19-5-6-20(11)13(9)21/h2-4,11-12,19H,5-7H2,1H3. The summed E-state index contributed by atoms with van der Waals surface area (Å²) in [5, 5.41) is 2.76. The molecule has 2 atom stereocenters. The molecule has 3 rings (SSSR count). The topological polar surface area (TPSA) is 58.6 Å². The van der Waals surface area contributed by atoms with Crippen molar-refractivity contribution in [1.82, 2.24) is 10.2 Å². The van der Waals surface area contributed by atoms with Crippen LogP contribution in [0.15, 0.2) is 18.2 Å². The second kappa shape index (κ2) is 5.52. The summed E-state index contributed by atoms with van der Waals surface area (Å²) >= 11 is 0. The lowest BCUT2D eigenvalue weighted by molar-refractivity contribution is -0.210. The molecule has 0 aliphatic carbocycles. The first kappa shape index (κ1) is 15.8. The van der Waals surface area contributed by atoms with E-state index in [1.165, 1.54) is 4.90 Å². The Morgan fingerprint density at radius 3 is 2.83 bits per heavy atom. The zero-order chi connectivity index (χ0) is 16.8. The van der Waals surface area contributed by atoms with Gasteiger partial charge in [0, 0.05) is 18.7 Å². The Balaban J connectivity index is 1.89. The summed E-state index contributed by atoms with van der Waals surface area (Å²) in [4.78, 5) is 25.2. The number of nitrogens with one attached hydrogen (secondary N) is 1. The molecule has 0 spiro atoms. The van der Waals surface area contributed by atoms with Crippen molar-refractivity contribution in [1.29, 1.82) is 0 Å². The van der Waals surface area contributed by atoms with Crippen LogP contribution in [0.25, 0.3) is 0 Å². The Hall–Kier alpha value is -2.09. The molecule has 2 aliphatic rings. The van der Waals surface area contributed by atoms with Crippen LogP contribution in [0.4, 0.5) is 13.2 Å². The van der Waals surface area contributed by atoms with Gasteiger partial charge >= 0.3 is 12.1 Å². The zero-order valence-electron chi connectivity index (χ0n) is 12.3. The van der Waals surface area contributed by atoms with Crippen molar-refractivity contribution < 1.29 is 27.5 Å². The maximum atomic E-state index is 12.6. The van der Waals surface area contributed by atoms with E-state index in [2.05, 4.69) is 10.1 Å². The molecule has 2 aliphatic heterocycles. The molecular formula is C15H15F3N2O3. The largest absolute Gasteiger partial charge is 0.490 e. The van der Waals surface area contributed by atoms with Crippen molar-refractivity contribution in [3.8, 4) is 0 Å². The number of piperazine rings is 1. The normalized spacial score (nSPS) is 24.0. The number of esters is 1. The third-order valence-corrected chi connectivity index (χ3v) is 4.23. The minimum Gasteiger partial charge on any atom is -0.438 e. The highest BCUT2D eigenvalue weighted by Crippen LogP contribution is 2.30. The molecule has 2 unspecified atom stereocenters. The van der Waals surface area contributed by atoms with Gasteiger partial charge < -0.3 is 9.64 Å². The number of halogens is 3. The fourth-order valence-corrected chi connectivity index (χ4v) is 3.10. The van der Waals surface area contributed by atoms with Gasteiger partial charge in [0.2, 0.25) is 0 Å². The van der Waals surface area contributed by atoms with Crippen LogP contribution < -0.4 is 5.32 Å². The van der Waals surface area contributed by atoms with Gasteiger partial charge in [-0.2, -0.15) is 13.2 Å². The van der Waals surface area contributed by atoms with Gasteiger partial charge in [-0.3, -0.25) is 10.1 Å². The van der Waals surface area contributed by atoms with Crippen molar-refractivity contribution in [2.75, 3.05) is 13.1 Å². The number of carbonyl (C=O) groups excluding carboxylic acids is 2. The number of carbonyl (C=O) groups is 2. The van der Waals surface area contributed by atoms with Gasteiger partial charge in [-0.1, -0.05) is 12.1 Å². The van der Waals surface area contributed by atoms with Gasteiger partial charge in [0.15, 0.2) is 6.23 Å². The van der Waals surface area contributed by atoms with Crippen molar-refractivity contribution in [2.24, 2.45) is 0 Å². The van der Waals surface area contributed by atoms with E-state index in [0.29, 0.717) is 18.5 Å². The Labute approximate surface area is 130 Å². The minimum absolute atomic E-state index is 0.241. The van der Waals surface area contributed by atoms with Crippen LogP contribution in [0.2, 0.25) is 0 Å². The van der Waals surface area contributed by atoms with Crippen LogP contribution in [0.1, 0.15) is 21.5 Å². The van der Waals surface area contributed by atoms with E-state index in [4.69, 9.17) is 0 Å². The first-order valence-electron chi connectivity index (χ1n) is 7.19. The first-order chi connectivity index (χ1) is 10.8. The number of alkyl halides is 3. The van der Waals surface area contributed by atoms with Crippen LogP contribution in [-0.2, 0) is 16.0 Å². The van der Waals surface area contributed by atoms with Gasteiger partial charge in [-0.25, -0.2) is 4.79 Å².